The molecule has 5 rings (SSSR count). The highest BCUT2D eigenvalue weighted by Gasteiger charge is 2.28. The molecule has 1 aliphatic rings. The number of carbonyl (C=O) groups is 1. The molecule has 0 bridgehead atoms. The molecule has 1 N–H and O–H groups in total. The third-order valence-electron chi connectivity index (χ3n) is 5.67. The van der Waals surface area contributed by atoms with Crippen LogP contribution in [0, 0.1) is 13.8 Å². The van der Waals surface area contributed by atoms with Crippen molar-refractivity contribution in [2.24, 2.45) is 0 Å². The summed E-state index contributed by atoms with van der Waals surface area (Å²) in [5.74, 6) is 2.15. The lowest BCUT2D eigenvalue weighted by molar-refractivity contribution is 0.0928. The van der Waals surface area contributed by atoms with Gasteiger partial charge in [0.15, 0.2) is 0 Å². The Labute approximate surface area is 190 Å². The number of nitrogens with zero attached hydrogens (tertiary/aromatic N) is 2. The fourth-order valence-corrected chi connectivity index (χ4v) is 5.01. The Morgan fingerprint density at radius 3 is 2.78 bits per heavy atom. The van der Waals surface area contributed by atoms with E-state index >= 15 is 0 Å². The van der Waals surface area contributed by atoms with E-state index in [1.165, 1.54) is 11.3 Å². The van der Waals surface area contributed by atoms with Crippen molar-refractivity contribution in [1.82, 2.24) is 15.3 Å². The Hall–Kier alpha value is -3.03. The summed E-state index contributed by atoms with van der Waals surface area (Å²) >= 11 is 1.46. The molecule has 0 radical (unpaired) electrons. The van der Waals surface area contributed by atoms with Crippen LogP contribution in [0.2, 0.25) is 0 Å². The Morgan fingerprint density at radius 2 is 2.00 bits per heavy atom. The number of aromatic nitrogens is 2. The third-order valence-corrected chi connectivity index (χ3v) is 6.86. The van der Waals surface area contributed by atoms with Crippen LogP contribution in [0.25, 0.3) is 10.2 Å². The van der Waals surface area contributed by atoms with Crippen LogP contribution in [0.5, 0.6) is 0 Å². The Morgan fingerprint density at radius 1 is 1.16 bits per heavy atom. The SMILES string of the molecule is Cc1nc(C2CC2)nc2sc(C(=O)NCc3cccc(COCc4ccco4)c3)c(C)c12. The summed E-state index contributed by atoms with van der Waals surface area (Å²) < 4.78 is 11.0. The molecule has 0 atom stereocenters. The molecule has 0 saturated heterocycles. The van der Waals surface area contributed by atoms with Gasteiger partial charge < -0.3 is 14.5 Å². The first-order valence-corrected chi connectivity index (χ1v) is 11.6. The number of hydrogen-bond donors (Lipinski definition) is 1. The van der Waals surface area contributed by atoms with Gasteiger partial charge >= 0.3 is 0 Å². The van der Waals surface area contributed by atoms with Gasteiger partial charge in [0.2, 0.25) is 0 Å². The lowest BCUT2D eigenvalue weighted by Crippen LogP contribution is -2.22. The average Bonchev–Trinajstić information content (AvgIpc) is 3.41. The smallest absolute Gasteiger partial charge is 0.261 e. The highest BCUT2D eigenvalue weighted by Crippen LogP contribution is 2.40. The second kappa shape index (κ2) is 8.84. The van der Waals surface area contributed by atoms with E-state index in [4.69, 9.17) is 14.1 Å². The number of benzene rings is 1. The van der Waals surface area contributed by atoms with Gasteiger partial charge in [0.05, 0.1) is 23.4 Å². The molecule has 7 heteroatoms. The highest BCUT2D eigenvalue weighted by atomic mass is 32.1. The van der Waals surface area contributed by atoms with Crippen LogP contribution in [-0.2, 0) is 24.5 Å². The molecule has 1 fully saturated rings. The number of ether oxygens (including phenoxy) is 1. The zero-order valence-corrected chi connectivity index (χ0v) is 19.0. The third kappa shape index (κ3) is 4.45. The minimum atomic E-state index is -0.0719. The average molecular weight is 448 g/mol. The minimum Gasteiger partial charge on any atom is -0.467 e. The van der Waals surface area contributed by atoms with Gasteiger partial charge in [-0.15, -0.1) is 11.3 Å². The monoisotopic (exact) mass is 447 g/mol. The van der Waals surface area contributed by atoms with Gasteiger partial charge in [-0.2, -0.15) is 0 Å². The molecule has 3 aromatic heterocycles. The van der Waals surface area contributed by atoms with Gasteiger partial charge in [-0.1, -0.05) is 24.3 Å². The topological polar surface area (TPSA) is 77.2 Å². The van der Waals surface area contributed by atoms with Crippen LogP contribution in [0.15, 0.2) is 47.1 Å². The van der Waals surface area contributed by atoms with E-state index in [1.807, 2.05) is 44.2 Å². The fourth-order valence-electron chi connectivity index (χ4n) is 3.86. The first-order chi connectivity index (χ1) is 15.6. The summed E-state index contributed by atoms with van der Waals surface area (Å²) in [6.45, 7) is 5.37. The van der Waals surface area contributed by atoms with E-state index in [1.54, 1.807) is 6.26 Å². The molecule has 3 heterocycles. The summed E-state index contributed by atoms with van der Waals surface area (Å²) in [4.78, 5) is 24.0. The summed E-state index contributed by atoms with van der Waals surface area (Å²) in [5, 5.41) is 4.07. The van der Waals surface area contributed by atoms with Crippen LogP contribution < -0.4 is 5.32 Å². The molecule has 1 amide bonds. The first kappa shape index (κ1) is 20.8. The van der Waals surface area contributed by atoms with Crippen molar-refractivity contribution in [2.75, 3.05) is 0 Å². The van der Waals surface area contributed by atoms with Gasteiger partial charge in [0.1, 0.15) is 23.0 Å². The zero-order valence-electron chi connectivity index (χ0n) is 18.2. The van der Waals surface area contributed by atoms with E-state index < -0.39 is 0 Å². The number of carbonyl (C=O) groups excluding carboxylic acids is 1. The number of rotatable bonds is 8. The largest absolute Gasteiger partial charge is 0.467 e. The first-order valence-electron chi connectivity index (χ1n) is 10.8. The highest BCUT2D eigenvalue weighted by molar-refractivity contribution is 7.20. The minimum absolute atomic E-state index is 0.0719. The molecule has 0 unspecified atom stereocenters. The van der Waals surface area contributed by atoms with E-state index in [-0.39, 0.29) is 5.91 Å². The van der Waals surface area contributed by atoms with Crippen molar-refractivity contribution < 1.29 is 13.9 Å². The van der Waals surface area contributed by atoms with Gasteiger partial charge in [0, 0.05) is 17.8 Å². The van der Waals surface area contributed by atoms with E-state index in [0.717, 1.165) is 57.0 Å². The number of hydrogen-bond acceptors (Lipinski definition) is 6. The van der Waals surface area contributed by atoms with Crippen LogP contribution in [0.4, 0.5) is 0 Å². The predicted molar refractivity (Wildman–Crippen MR) is 124 cm³/mol. The molecular weight excluding hydrogens is 422 g/mol. The van der Waals surface area contributed by atoms with Crippen LogP contribution >= 0.6 is 11.3 Å². The second-order valence-corrected chi connectivity index (χ2v) is 9.25. The van der Waals surface area contributed by atoms with Crippen molar-refractivity contribution in [3.8, 4) is 0 Å². The molecule has 1 aromatic carbocycles. The molecule has 164 valence electrons. The van der Waals surface area contributed by atoms with E-state index in [2.05, 4.69) is 16.4 Å². The number of thiophene rings is 1. The second-order valence-electron chi connectivity index (χ2n) is 8.25. The van der Waals surface area contributed by atoms with Gasteiger partial charge in [-0.05, 0) is 55.5 Å². The molecule has 1 saturated carbocycles. The molecule has 0 spiro atoms. The summed E-state index contributed by atoms with van der Waals surface area (Å²) in [6.07, 6.45) is 3.96. The van der Waals surface area contributed by atoms with E-state index in [0.29, 0.717) is 30.6 Å². The summed E-state index contributed by atoms with van der Waals surface area (Å²) in [6, 6.07) is 11.8. The molecule has 32 heavy (non-hydrogen) atoms. The maximum atomic E-state index is 13.0. The number of furan rings is 1. The number of nitrogens with one attached hydrogen (secondary N) is 1. The number of aryl methyl sites for hydroxylation is 2. The lowest BCUT2D eigenvalue weighted by atomic mass is 10.1. The quantitative estimate of drug-likeness (QED) is 0.390. The maximum Gasteiger partial charge on any atom is 0.261 e. The molecular formula is C25H25N3O3S. The predicted octanol–water partition coefficient (Wildman–Crippen LogP) is 5.43. The van der Waals surface area contributed by atoms with Gasteiger partial charge in [-0.25, -0.2) is 9.97 Å². The van der Waals surface area contributed by atoms with Crippen LogP contribution in [0.1, 0.15) is 62.4 Å². The standard InChI is InChI=1S/C25H25N3O3S/c1-15-21-16(2)27-23(19-8-9-19)28-25(21)32-22(15)24(29)26-12-17-5-3-6-18(11-17)13-30-14-20-7-4-10-31-20/h3-7,10-11,19H,8-9,12-14H2,1-2H3,(H,26,29). The van der Waals surface area contributed by atoms with Crippen molar-refractivity contribution in [3.63, 3.8) is 0 Å². The molecule has 0 aliphatic heterocycles. The van der Waals surface area contributed by atoms with Crippen molar-refractivity contribution in [1.29, 1.82) is 0 Å². The summed E-state index contributed by atoms with van der Waals surface area (Å²) in [7, 11) is 0. The zero-order chi connectivity index (χ0) is 22.1. The van der Waals surface area contributed by atoms with Gasteiger partial charge in [-0.3, -0.25) is 4.79 Å². The van der Waals surface area contributed by atoms with Crippen molar-refractivity contribution in [2.45, 2.75) is 52.4 Å². The Balaban J connectivity index is 1.24. The molecule has 4 aromatic rings. The van der Waals surface area contributed by atoms with Crippen molar-refractivity contribution in [3.05, 3.63) is 81.5 Å². The van der Waals surface area contributed by atoms with Crippen LogP contribution in [-0.4, -0.2) is 15.9 Å². The normalized spacial score (nSPS) is 13.6. The lowest BCUT2D eigenvalue weighted by Gasteiger charge is -2.08. The Kier molecular flexibility index (Phi) is 5.76. The van der Waals surface area contributed by atoms with Gasteiger partial charge in [0.25, 0.3) is 5.91 Å². The number of fused-ring (bicyclic) bond motifs is 1. The summed E-state index contributed by atoms with van der Waals surface area (Å²) in [5.41, 5.74) is 4.01. The Bertz CT molecular complexity index is 1260. The maximum absolute atomic E-state index is 13.0. The number of amides is 1. The molecule has 1 aliphatic carbocycles. The van der Waals surface area contributed by atoms with Crippen molar-refractivity contribution >= 4 is 27.5 Å². The fraction of sp³-hybridized carbons (Fsp3) is 0.320. The van der Waals surface area contributed by atoms with E-state index in [9.17, 15) is 4.79 Å². The van der Waals surface area contributed by atoms with Crippen LogP contribution in [0.3, 0.4) is 0 Å². The molecule has 6 nitrogen and oxygen atoms in total.